The van der Waals surface area contributed by atoms with Gasteiger partial charge in [0.25, 0.3) is 5.91 Å². The van der Waals surface area contributed by atoms with Gasteiger partial charge in [0, 0.05) is 6.20 Å². The summed E-state index contributed by atoms with van der Waals surface area (Å²) in [6.07, 6.45) is 1.32. The van der Waals surface area contributed by atoms with Gasteiger partial charge in [-0.15, -0.1) is 0 Å². The first-order valence-electron chi connectivity index (χ1n) is 6.50. The van der Waals surface area contributed by atoms with Crippen molar-refractivity contribution >= 4 is 21.8 Å². The number of carbonyl (C=O) groups is 1. The average Bonchev–Trinajstić information content (AvgIpc) is 2.53. The van der Waals surface area contributed by atoms with Crippen molar-refractivity contribution in [3.8, 4) is 11.5 Å². The van der Waals surface area contributed by atoms with E-state index in [9.17, 15) is 4.79 Å². The number of benzene rings is 1. The van der Waals surface area contributed by atoms with E-state index in [1.165, 1.54) is 6.20 Å². The maximum atomic E-state index is 12.0. The van der Waals surface area contributed by atoms with Gasteiger partial charge in [0.05, 0.1) is 12.1 Å². The van der Waals surface area contributed by atoms with Crippen LogP contribution >= 0.6 is 15.9 Å². The number of aromatic nitrogens is 1. The van der Waals surface area contributed by atoms with E-state index in [0.717, 1.165) is 5.75 Å². The molecule has 0 aliphatic carbocycles. The molecule has 1 amide bonds. The van der Waals surface area contributed by atoms with Crippen molar-refractivity contribution in [2.75, 3.05) is 13.2 Å². The molecule has 0 saturated carbocycles. The number of hydrogen-bond acceptors (Lipinski definition) is 4. The molecule has 0 saturated heterocycles. The van der Waals surface area contributed by atoms with Gasteiger partial charge in [-0.25, -0.2) is 4.98 Å². The zero-order valence-electron chi connectivity index (χ0n) is 11.1. The lowest BCUT2D eigenvalue weighted by atomic mass is 10.2. The van der Waals surface area contributed by atoms with Crippen molar-refractivity contribution < 1.29 is 14.3 Å². The minimum atomic E-state index is -0.202. The zero-order valence-corrected chi connectivity index (χ0v) is 12.7. The summed E-state index contributed by atoms with van der Waals surface area (Å²) < 4.78 is 12.1. The fraction of sp³-hybridized carbons (Fsp3) is 0.200. The summed E-state index contributed by atoms with van der Waals surface area (Å²) in [7, 11) is 0. The summed E-state index contributed by atoms with van der Waals surface area (Å²) in [4.78, 5) is 16.0. The van der Waals surface area contributed by atoms with Crippen LogP contribution in [0.2, 0.25) is 0 Å². The van der Waals surface area contributed by atoms with Gasteiger partial charge >= 0.3 is 0 Å². The van der Waals surface area contributed by atoms with E-state index in [0.29, 0.717) is 29.1 Å². The number of nitrogens with zero attached hydrogens (tertiary/aromatic N) is 1. The van der Waals surface area contributed by atoms with E-state index in [-0.39, 0.29) is 12.0 Å². The van der Waals surface area contributed by atoms with Gasteiger partial charge in [-0.2, -0.15) is 0 Å². The standard InChI is InChI=1S/C15H13BrN2O3/c16-14-6-5-10(7-17-14)15(19)18-8-11-9-20-12-3-1-2-4-13(12)21-11/h1-7,11H,8-9H2,(H,18,19). The summed E-state index contributed by atoms with van der Waals surface area (Å²) in [5.74, 6) is 1.25. The normalized spacial score (nSPS) is 16.3. The molecule has 1 aromatic heterocycles. The van der Waals surface area contributed by atoms with Crippen LogP contribution in [0.25, 0.3) is 0 Å². The largest absolute Gasteiger partial charge is 0.486 e. The second-order valence-electron chi connectivity index (χ2n) is 4.58. The van der Waals surface area contributed by atoms with E-state index in [4.69, 9.17) is 9.47 Å². The number of carbonyl (C=O) groups excluding carboxylic acids is 1. The first-order valence-corrected chi connectivity index (χ1v) is 7.30. The third kappa shape index (κ3) is 3.33. The molecular formula is C15H13BrN2O3. The number of fused-ring (bicyclic) bond motifs is 1. The summed E-state index contributed by atoms with van der Waals surface area (Å²) in [5.41, 5.74) is 0.510. The van der Waals surface area contributed by atoms with Crippen LogP contribution in [0.4, 0.5) is 0 Å². The molecule has 2 aromatic rings. The predicted octanol–water partition coefficient (Wildman–Crippen LogP) is 2.41. The van der Waals surface area contributed by atoms with Crippen LogP contribution in [0.5, 0.6) is 11.5 Å². The smallest absolute Gasteiger partial charge is 0.252 e. The highest BCUT2D eigenvalue weighted by molar-refractivity contribution is 9.10. The van der Waals surface area contributed by atoms with Crippen molar-refractivity contribution in [3.63, 3.8) is 0 Å². The average molecular weight is 349 g/mol. The molecular weight excluding hydrogens is 336 g/mol. The lowest BCUT2D eigenvalue weighted by Gasteiger charge is -2.26. The molecule has 1 N–H and O–H groups in total. The number of ether oxygens (including phenoxy) is 2. The minimum Gasteiger partial charge on any atom is -0.486 e. The van der Waals surface area contributed by atoms with Gasteiger partial charge in [0.1, 0.15) is 17.3 Å². The number of amides is 1. The van der Waals surface area contributed by atoms with E-state index in [1.54, 1.807) is 12.1 Å². The molecule has 21 heavy (non-hydrogen) atoms. The highest BCUT2D eigenvalue weighted by Gasteiger charge is 2.21. The maximum absolute atomic E-state index is 12.0. The van der Waals surface area contributed by atoms with Crippen molar-refractivity contribution in [2.24, 2.45) is 0 Å². The number of halogens is 1. The third-order valence-electron chi connectivity index (χ3n) is 3.05. The molecule has 2 heterocycles. The fourth-order valence-corrected chi connectivity index (χ4v) is 2.22. The molecule has 1 aliphatic rings. The molecule has 0 radical (unpaired) electrons. The summed E-state index contributed by atoms with van der Waals surface area (Å²) in [6, 6.07) is 10.9. The van der Waals surface area contributed by atoms with E-state index < -0.39 is 0 Å². The van der Waals surface area contributed by atoms with Gasteiger partial charge in [-0.1, -0.05) is 12.1 Å². The Morgan fingerprint density at radius 1 is 1.29 bits per heavy atom. The Balaban J connectivity index is 1.56. The molecule has 1 aliphatic heterocycles. The van der Waals surface area contributed by atoms with Crippen molar-refractivity contribution in [1.29, 1.82) is 0 Å². The number of hydrogen-bond donors (Lipinski definition) is 1. The highest BCUT2D eigenvalue weighted by atomic mass is 79.9. The van der Waals surface area contributed by atoms with Gasteiger partial charge in [0.2, 0.25) is 0 Å². The minimum absolute atomic E-state index is 0.183. The van der Waals surface area contributed by atoms with Crippen molar-refractivity contribution in [3.05, 3.63) is 52.8 Å². The quantitative estimate of drug-likeness (QED) is 0.865. The Labute approximate surface area is 130 Å². The van der Waals surface area contributed by atoms with Crippen LogP contribution in [-0.2, 0) is 0 Å². The second kappa shape index (κ2) is 6.13. The zero-order chi connectivity index (χ0) is 14.7. The third-order valence-corrected chi connectivity index (χ3v) is 3.52. The van der Waals surface area contributed by atoms with Gasteiger partial charge < -0.3 is 14.8 Å². The van der Waals surface area contributed by atoms with Crippen LogP contribution in [-0.4, -0.2) is 30.1 Å². The van der Waals surface area contributed by atoms with E-state index >= 15 is 0 Å². The van der Waals surface area contributed by atoms with Crippen LogP contribution < -0.4 is 14.8 Å². The predicted molar refractivity (Wildman–Crippen MR) is 80.6 cm³/mol. The van der Waals surface area contributed by atoms with Crippen LogP contribution in [0.1, 0.15) is 10.4 Å². The Bertz CT molecular complexity index is 646. The van der Waals surface area contributed by atoms with Crippen LogP contribution in [0.3, 0.4) is 0 Å². The number of rotatable bonds is 3. The fourth-order valence-electron chi connectivity index (χ4n) is 1.98. The summed E-state index contributed by atoms with van der Waals surface area (Å²) in [5, 5.41) is 2.82. The summed E-state index contributed by atoms with van der Waals surface area (Å²) in [6.45, 7) is 0.791. The Morgan fingerprint density at radius 2 is 2.10 bits per heavy atom. The lowest BCUT2D eigenvalue weighted by Crippen LogP contribution is -2.40. The lowest BCUT2D eigenvalue weighted by molar-refractivity contribution is 0.0789. The molecule has 3 rings (SSSR count). The molecule has 108 valence electrons. The molecule has 0 bridgehead atoms. The Hall–Kier alpha value is -2.08. The monoisotopic (exact) mass is 348 g/mol. The second-order valence-corrected chi connectivity index (χ2v) is 5.39. The highest BCUT2D eigenvalue weighted by Crippen LogP contribution is 2.30. The molecule has 0 fully saturated rings. The first kappa shape index (κ1) is 13.9. The molecule has 1 aromatic carbocycles. The van der Waals surface area contributed by atoms with Gasteiger partial charge in [-0.3, -0.25) is 4.79 Å². The topological polar surface area (TPSA) is 60.5 Å². The maximum Gasteiger partial charge on any atom is 0.252 e. The van der Waals surface area contributed by atoms with Crippen molar-refractivity contribution in [2.45, 2.75) is 6.10 Å². The Morgan fingerprint density at radius 3 is 2.86 bits per heavy atom. The van der Waals surface area contributed by atoms with Gasteiger partial charge in [0.15, 0.2) is 11.5 Å². The molecule has 5 nitrogen and oxygen atoms in total. The molecule has 6 heteroatoms. The Kier molecular flexibility index (Phi) is 4.06. The van der Waals surface area contributed by atoms with Crippen LogP contribution in [0, 0.1) is 0 Å². The van der Waals surface area contributed by atoms with E-state index in [2.05, 4.69) is 26.2 Å². The summed E-state index contributed by atoms with van der Waals surface area (Å²) >= 11 is 3.23. The molecule has 1 unspecified atom stereocenters. The van der Waals surface area contributed by atoms with E-state index in [1.807, 2.05) is 24.3 Å². The number of pyridine rings is 1. The molecule has 1 atom stereocenters. The number of nitrogens with one attached hydrogen (secondary N) is 1. The number of para-hydroxylation sites is 2. The first-order chi connectivity index (χ1) is 10.2. The SMILES string of the molecule is O=C(NCC1COc2ccccc2O1)c1ccc(Br)nc1. The van der Waals surface area contributed by atoms with Gasteiger partial charge in [-0.05, 0) is 40.2 Å². The van der Waals surface area contributed by atoms with Crippen LogP contribution in [0.15, 0.2) is 47.2 Å². The molecule has 0 spiro atoms. The van der Waals surface area contributed by atoms with Crippen molar-refractivity contribution in [1.82, 2.24) is 10.3 Å².